The Hall–Kier alpha value is -2.57. The first-order valence-corrected chi connectivity index (χ1v) is 7.65. The van der Waals surface area contributed by atoms with Crippen molar-refractivity contribution in [1.29, 1.82) is 0 Å². The Labute approximate surface area is 140 Å². The molecule has 7 nitrogen and oxygen atoms in total. The van der Waals surface area contributed by atoms with Gasteiger partial charge in [-0.2, -0.15) is 0 Å². The maximum absolute atomic E-state index is 11.6. The second-order valence-corrected chi connectivity index (χ2v) is 7.28. The van der Waals surface area contributed by atoms with E-state index in [2.05, 4.69) is 0 Å². The van der Waals surface area contributed by atoms with Gasteiger partial charge in [0.2, 0.25) is 0 Å². The molecule has 1 aliphatic rings. The third kappa shape index (κ3) is 2.93. The van der Waals surface area contributed by atoms with Crippen LogP contribution >= 0.6 is 0 Å². The summed E-state index contributed by atoms with van der Waals surface area (Å²) in [4.78, 5) is 23.2. The monoisotopic (exact) mass is 334 g/mol. The summed E-state index contributed by atoms with van der Waals surface area (Å²) < 4.78 is 0. The zero-order valence-corrected chi connectivity index (χ0v) is 14.2. The van der Waals surface area contributed by atoms with Gasteiger partial charge in [0, 0.05) is 12.6 Å². The van der Waals surface area contributed by atoms with Crippen molar-refractivity contribution in [2.45, 2.75) is 39.7 Å². The van der Waals surface area contributed by atoms with Crippen molar-refractivity contribution in [1.82, 2.24) is 4.90 Å². The SMILES string of the molecule is CC(C)(C)C1(C)CC(c2ccc([N+](=O)[O-])c(O)c2)=CCN1C(=O)O. The summed E-state index contributed by atoms with van der Waals surface area (Å²) >= 11 is 0. The number of nitrogens with zero attached hydrogens (tertiary/aromatic N) is 2. The fourth-order valence-corrected chi connectivity index (χ4v) is 3.00. The third-order valence-electron chi connectivity index (χ3n) is 5.04. The van der Waals surface area contributed by atoms with Crippen LogP contribution in [0, 0.1) is 15.5 Å². The average molecular weight is 334 g/mol. The van der Waals surface area contributed by atoms with Crippen molar-refractivity contribution in [2.75, 3.05) is 6.54 Å². The van der Waals surface area contributed by atoms with E-state index in [4.69, 9.17) is 0 Å². The zero-order valence-electron chi connectivity index (χ0n) is 14.2. The summed E-state index contributed by atoms with van der Waals surface area (Å²) in [6.45, 7) is 8.09. The van der Waals surface area contributed by atoms with Crippen LogP contribution in [0.25, 0.3) is 5.57 Å². The van der Waals surface area contributed by atoms with E-state index >= 15 is 0 Å². The summed E-state index contributed by atoms with van der Waals surface area (Å²) in [7, 11) is 0. The van der Waals surface area contributed by atoms with E-state index in [1.54, 1.807) is 12.1 Å². The number of hydrogen-bond donors (Lipinski definition) is 2. The summed E-state index contributed by atoms with van der Waals surface area (Å²) in [6.07, 6.45) is 1.27. The van der Waals surface area contributed by atoms with Crippen molar-refractivity contribution in [3.63, 3.8) is 0 Å². The Bertz CT molecular complexity index is 720. The number of benzene rings is 1. The fourth-order valence-electron chi connectivity index (χ4n) is 3.00. The van der Waals surface area contributed by atoms with Crippen LogP contribution in [0.4, 0.5) is 10.5 Å². The van der Waals surface area contributed by atoms with Gasteiger partial charge in [0.05, 0.1) is 10.5 Å². The van der Waals surface area contributed by atoms with E-state index in [-0.39, 0.29) is 17.6 Å². The van der Waals surface area contributed by atoms with Crippen molar-refractivity contribution in [3.8, 4) is 5.75 Å². The number of rotatable bonds is 2. The molecule has 130 valence electrons. The van der Waals surface area contributed by atoms with Gasteiger partial charge in [0.25, 0.3) is 0 Å². The number of nitro benzene ring substituents is 1. The summed E-state index contributed by atoms with van der Waals surface area (Å²) in [5, 5.41) is 30.2. The highest BCUT2D eigenvalue weighted by molar-refractivity contribution is 5.74. The lowest BCUT2D eigenvalue weighted by molar-refractivity contribution is -0.385. The van der Waals surface area contributed by atoms with E-state index in [1.807, 2.05) is 27.7 Å². The molecule has 1 heterocycles. The minimum absolute atomic E-state index is 0.232. The van der Waals surface area contributed by atoms with Crippen molar-refractivity contribution < 1.29 is 19.9 Å². The van der Waals surface area contributed by atoms with E-state index in [1.165, 1.54) is 17.0 Å². The molecule has 1 aromatic carbocycles. The Morgan fingerprint density at radius 2 is 2.00 bits per heavy atom. The number of hydrogen-bond acceptors (Lipinski definition) is 4. The van der Waals surface area contributed by atoms with Crippen LogP contribution in [0.3, 0.4) is 0 Å². The van der Waals surface area contributed by atoms with E-state index in [0.29, 0.717) is 12.0 Å². The fraction of sp³-hybridized carbons (Fsp3) is 0.471. The highest BCUT2D eigenvalue weighted by atomic mass is 16.6. The number of nitro groups is 1. The highest BCUT2D eigenvalue weighted by Gasteiger charge is 2.47. The molecule has 0 fully saturated rings. The van der Waals surface area contributed by atoms with E-state index in [9.17, 15) is 25.1 Å². The third-order valence-corrected chi connectivity index (χ3v) is 5.04. The minimum atomic E-state index is -0.978. The van der Waals surface area contributed by atoms with Crippen molar-refractivity contribution >= 4 is 17.4 Å². The predicted molar refractivity (Wildman–Crippen MR) is 89.9 cm³/mol. The second kappa shape index (κ2) is 5.81. The topological polar surface area (TPSA) is 104 Å². The quantitative estimate of drug-likeness (QED) is 0.631. The van der Waals surface area contributed by atoms with Crippen LogP contribution in [0.15, 0.2) is 24.3 Å². The molecule has 2 rings (SSSR count). The van der Waals surface area contributed by atoms with E-state index < -0.39 is 22.3 Å². The number of phenols is 1. The van der Waals surface area contributed by atoms with Crippen LogP contribution in [0.1, 0.15) is 39.7 Å². The first-order chi connectivity index (χ1) is 11.0. The Morgan fingerprint density at radius 1 is 1.38 bits per heavy atom. The van der Waals surface area contributed by atoms with Crippen LogP contribution < -0.4 is 0 Å². The summed E-state index contributed by atoms with van der Waals surface area (Å²) in [5.41, 5.74) is 0.239. The maximum atomic E-state index is 11.6. The molecule has 0 aromatic heterocycles. The van der Waals surface area contributed by atoms with Gasteiger partial charge < -0.3 is 10.2 Å². The smallest absolute Gasteiger partial charge is 0.408 e. The molecule has 1 aromatic rings. The van der Waals surface area contributed by atoms with Crippen LogP contribution in [-0.2, 0) is 0 Å². The van der Waals surface area contributed by atoms with Gasteiger partial charge in [0.1, 0.15) is 0 Å². The van der Waals surface area contributed by atoms with Gasteiger partial charge in [0.15, 0.2) is 5.75 Å². The molecule has 2 N–H and O–H groups in total. The van der Waals surface area contributed by atoms with Gasteiger partial charge >= 0.3 is 11.8 Å². The second-order valence-electron chi connectivity index (χ2n) is 7.28. The van der Waals surface area contributed by atoms with Crippen molar-refractivity contribution in [2.24, 2.45) is 5.41 Å². The lowest BCUT2D eigenvalue weighted by atomic mass is 9.68. The number of carbonyl (C=O) groups is 1. The van der Waals surface area contributed by atoms with Crippen LogP contribution in [-0.4, -0.2) is 38.2 Å². The van der Waals surface area contributed by atoms with Crippen LogP contribution in [0.5, 0.6) is 5.75 Å². The lowest BCUT2D eigenvalue weighted by Gasteiger charge is -2.51. The molecule has 0 spiro atoms. The number of aromatic hydroxyl groups is 1. The molecule has 1 aliphatic heterocycles. The Morgan fingerprint density at radius 3 is 2.46 bits per heavy atom. The average Bonchev–Trinajstić information content (AvgIpc) is 2.45. The number of carboxylic acid groups (broad SMARTS) is 1. The normalized spacial score (nSPS) is 21.3. The highest BCUT2D eigenvalue weighted by Crippen LogP contribution is 2.45. The van der Waals surface area contributed by atoms with Gasteiger partial charge in [-0.1, -0.05) is 26.8 Å². The lowest BCUT2D eigenvalue weighted by Crippen LogP contribution is -2.58. The molecule has 1 amide bonds. The molecule has 24 heavy (non-hydrogen) atoms. The first kappa shape index (κ1) is 17.8. The molecule has 0 saturated heterocycles. The van der Waals surface area contributed by atoms with Gasteiger partial charge in [-0.15, -0.1) is 0 Å². The first-order valence-electron chi connectivity index (χ1n) is 7.65. The molecule has 0 bridgehead atoms. The largest absolute Gasteiger partial charge is 0.502 e. The Kier molecular flexibility index (Phi) is 4.31. The van der Waals surface area contributed by atoms with Gasteiger partial charge in [-0.25, -0.2) is 4.79 Å². The molecular weight excluding hydrogens is 312 g/mol. The predicted octanol–water partition coefficient (Wildman–Crippen LogP) is 3.87. The van der Waals surface area contributed by atoms with Crippen LogP contribution in [0.2, 0.25) is 0 Å². The molecule has 0 aliphatic carbocycles. The molecular formula is C17H22N2O5. The van der Waals surface area contributed by atoms with Gasteiger partial charge in [-0.3, -0.25) is 15.0 Å². The Balaban J connectivity index is 2.45. The standard InChI is InChI=1S/C17H22N2O5/c1-16(2,3)17(4)10-12(7-8-18(17)15(21)22)11-5-6-13(19(23)24)14(20)9-11/h5-7,9,20H,8,10H2,1-4H3,(H,21,22). The molecule has 0 radical (unpaired) electrons. The summed E-state index contributed by atoms with van der Waals surface area (Å²) in [6, 6.07) is 4.22. The van der Waals surface area contributed by atoms with Crippen molar-refractivity contribution in [3.05, 3.63) is 40.0 Å². The van der Waals surface area contributed by atoms with Gasteiger partial charge in [-0.05, 0) is 42.0 Å². The molecule has 0 saturated carbocycles. The number of phenolic OH excluding ortho intramolecular Hbond substituents is 1. The number of amides is 1. The minimum Gasteiger partial charge on any atom is -0.502 e. The zero-order chi connectivity index (χ0) is 18.3. The van der Waals surface area contributed by atoms with E-state index in [0.717, 1.165) is 5.57 Å². The molecule has 7 heteroatoms. The molecule has 1 unspecified atom stereocenters. The maximum Gasteiger partial charge on any atom is 0.408 e. The summed E-state index contributed by atoms with van der Waals surface area (Å²) in [5.74, 6) is -0.392. The molecule has 1 atom stereocenters.